The number of nitrogens with two attached hydrogens (primary N) is 2. The molecule has 11 heteroatoms. The van der Waals surface area contributed by atoms with Crippen molar-refractivity contribution in [3.63, 3.8) is 0 Å². The lowest BCUT2D eigenvalue weighted by molar-refractivity contribution is -0.142. The molecule has 0 saturated carbocycles. The van der Waals surface area contributed by atoms with Crippen LogP contribution < -0.4 is 27.4 Å². The van der Waals surface area contributed by atoms with Crippen LogP contribution in [0.1, 0.15) is 52.9 Å². The second-order valence-electron chi connectivity index (χ2n) is 7.99. The van der Waals surface area contributed by atoms with Crippen molar-refractivity contribution in [3.05, 3.63) is 0 Å². The maximum absolute atomic E-state index is 12.7. The van der Waals surface area contributed by atoms with Crippen molar-refractivity contribution in [1.82, 2.24) is 16.0 Å². The molecule has 31 heavy (non-hydrogen) atoms. The smallest absolute Gasteiger partial charge is 0.326 e. The van der Waals surface area contributed by atoms with Crippen LogP contribution in [0.25, 0.3) is 0 Å². The molecule has 0 radical (unpaired) electrons. The third kappa shape index (κ3) is 12.6. The second kappa shape index (κ2) is 15.9. The van der Waals surface area contributed by atoms with Gasteiger partial charge in [-0.3, -0.25) is 14.4 Å². The molecule has 3 amide bonds. The predicted octanol–water partition coefficient (Wildman–Crippen LogP) is -0.199. The zero-order valence-corrected chi connectivity index (χ0v) is 19.8. The van der Waals surface area contributed by atoms with E-state index in [2.05, 4.69) is 16.0 Å². The van der Waals surface area contributed by atoms with E-state index in [1.807, 2.05) is 20.1 Å². The van der Waals surface area contributed by atoms with Crippen LogP contribution >= 0.6 is 11.8 Å². The molecule has 0 fully saturated rings. The minimum atomic E-state index is -1.15. The van der Waals surface area contributed by atoms with E-state index in [4.69, 9.17) is 11.5 Å². The Morgan fingerprint density at radius 3 is 2.03 bits per heavy atom. The van der Waals surface area contributed by atoms with Crippen molar-refractivity contribution < 1.29 is 24.3 Å². The number of aliphatic carboxylic acids is 1. The average molecular weight is 462 g/mol. The Balaban J connectivity index is 4.96. The van der Waals surface area contributed by atoms with Crippen molar-refractivity contribution in [2.24, 2.45) is 17.4 Å². The third-order valence-electron chi connectivity index (χ3n) is 4.62. The molecule has 10 nitrogen and oxygen atoms in total. The number of hydrogen-bond acceptors (Lipinski definition) is 7. The summed E-state index contributed by atoms with van der Waals surface area (Å²) in [6.07, 6.45) is 4.24. The first-order valence-electron chi connectivity index (χ1n) is 10.6. The van der Waals surface area contributed by atoms with Gasteiger partial charge in [-0.25, -0.2) is 4.79 Å². The zero-order valence-electron chi connectivity index (χ0n) is 19.0. The molecule has 0 aromatic heterocycles. The summed E-state index contributed by atoms with van der Waals surface area (Å²) in [7, 11) is 0. The second-order valence-corrected chi connectivity index (χ2v) is 8.98. The number of carboxylic acids is 1. The maximum atomic E-state index is 12.7. The van der Waals surface area contributed by atoms with Gasteiger partial charge >= 0.3 is 5.97 Å². The number of carbonyl (C=O) groups is 4. The third-order valence-corrected chi connectivity index (χ3v) is 5.27. The fourth-order valence-electron chi connectivity index (χ4n) is 2.78. The normalized spacial score (nSPS) is 14.9. The molecule has 0 bridgehead atoms. The Labute approximate surface area is 189 Å². The summed E-state index contributed by atoms with van der Waals surface area (Å²) >= 11 is 1.58. The van der Waals surface area contributed by atoms with Crippen molar-refractivity contribution in [2.45, 2.75) is 77.0 Å². The molecule has 0 saturated heterocycles. The Kier molecular flexibility index (Phi) is 14.9. The highest BCUT2D eigenvalue weighted by molar-refractivity contribution is 7.98. The Hall–Kier alpha value is -1.85. The Bertz CT molecular complexity index is 590. The number of amides is 3. The van der Waals surface area contributed by atoms with Crippen LogP contribution in [-0.2, 0) is 19.2 Å². The molecule has 0 spiro atoms. The van der Waals surface area contributed by atoms with E-state index in [0.717, 1.165) is 5.75 Å². The van der Waals surface area contributed by atoms with E-state index >= 15 is 0 Å². The summed E-state index contributed by atoms with van der Waals surface area (Å²) in [5.41, 5.74) is 11.3. The molecule has 0 aliphatic heterocycles. The molecule has 0 aliphatic rings. The van der Waals surface area contributed by atoms with Crippen LogP contribution in [0.4, 0.5) is 0 Å². The van der Waals surface area contributed by atoms with Crippen molar-refractivity contribution >= 4 is 35.5 Å². The number of thioether (sulfide) groups is 1. The quantitative estimate of drug-likeness (QED) is 0.171. The van der Waals surface area contributed by atoms with Crippen LogP contribution in [0.5, 0.6) is 0 Å². The zero-order chi connectivity index (χ0) is 24.0. The highest BCUT2D eigenvalue weighted by Gasteiger charge is 2.28. The van der Waals surface area contributed by atoms with Crippen LogP contribution in [0.2, 0.25) is 0 Å². The Morgan fingerprint density at radius 1 is 0.903 bits per heavy atom. The molecular weight excluding hydrogens is 422 g/mol. The van der Waals surface area contributed by atoms with Gasteiger partial charge in [-0.15, -0.1) is 0 Å². The van der Waals surface area contributed by atoms with Gasteiger partial charge in [0, 0.05) is 0 Å². The largest absolute Gasteiger partial charge is 0.480 e. The molecule has 4 atom stereocenters. The fourth-order valence-corrected chi connectivity index (χ4v) is 3.27. The van der Waals surface area contributed by atoms with Crippen molar-refractivity contribution in [3.8, 4) is 0 Å². The molecule has 4 unspecified atom stereocenters. The summed E-state index contributed by atoms with van der Waals surface area (Å²) in [6.45, 7) is 5.73. The summed E-state index contributed by atoms with van der Waals surface area (Å²) in [4.78, 5) is 48.8. The standard InChI is InChI=1S/C20H39N5O5S/c1-12(2)11-16(25-18(27)14(22)8-10-31-4)19(28)23-13(3)17(26)24-15(20(29)30)7-5-6-9-21/h12-16H,5-11,21-22H2,1-4H3,(H,23,28)(H,24,26)(H,25,27)(H,29,30). The first-order valence-corrected chi connectivity index (χ1v) is 12.0. The first kappa shape index (κ1) is 29.1. The average Bonchev–Trinajstić information content (AvgIpc) is 2.69. The predicted molar refractivity (Wildman–Crippen MR) is 122 cm³/mol. The molecular formula is C20H39N5O5S. The lowest BCUT2D eigenvalue weighted by Crippen LogP contribution is -2.56. The minimum Gasteiger partial charge on any atom is -0.480 e. The lowest BCUT2D eigenvalue weighted by Gasteiger charge is -2.24. The fraction of sp³-hybridized carbons (Fsp3) is 0.800. The molecule has 0 aliphatic carbocycles. The van der Waals surface area contributed by atoms with Crippen LogP contribution in [0, 0.1) is 5.92 Å². The highest BCUT2D eigenvalue weighted by atomic mass is 32.2. The van der Waals surface area contributed by atoms with Gasteiger partial charge in [-0.1, -0.05) is 13.8 Å². The van der Waals surface area contributed by atoms with Gasteiger partial charge in [0.1, 0.15) is 18.1 Å². The molecule has 0 aromatic rings. The molecule has 180 valence electrons. The monoisotopic (exact) mass is 461 g/mol. The molecule has 8 N–H and O–H groups in total. The van der Waals surface area contributed by atoms with Gasteiger partial charge in [0.05, 0.1) is 6.04 Å². The number of rotatable bonds is 16. The SMILES string of the molecule is CSCCC(N)C(=O)NC(CC(C)C)C(=O)NC(C)C(=O)NC(CCCCN)C(=O)O. The van der Waals surface area contributed by atoms with Crippen molar-refractivity contribution in [1.29, 1.82) is 0 Å². The van der Waals surface area contributed by atoms with Crippen molar-refractivity contribution in [2.75, 3.05) is 18.6 Å². The number of carboxylic acid groups (broad SMARTS) is 1. The van der Waals surface area contributed by atoms with Gasteiger partial charge in [0.25, 0.3) is 0 Å². The minimum absolute atomic E-state index is 0.113. The molecule has 0 rings (SSSR count). The number of nitrogens with one attached hydrogen (secondary N) is 3. The lowest BCUT2D eigenvalue weighted by atomic mass is 10.0. The van der Waals surface area contributed by atoms with E-state index in [-0.39, 0.29) is 12.3 Å². The molecule has 0 heterocycles. The number of hydrogen-bond donors (Lipinski definition) is 6. The Morgan fingerprint density at radius 2 is 1.52 bits per heavy atom. The number of unbranched alkanes of at least 4 members (excludes halogenated alkanes) is 1. The van der Waals surface area contributed by atoms with E-state index in [0.29, 0.717) is 32.2 Å². The topological polar surface area (TPSA) is 177 Å². The van der Waals surface area contributed by atoms with Gasteiger partial charge in [-0.05, 0) is 63.5 Å². The number of carbonyl (C=O) groups excluding carboxylic acids is 3. The van der Waals surface area contributed by atoms with Gasteiger partial charge in [-0.2, -0.15) is 11.8 Å². The summed E-state index contributed by atoms with van der Waals surface area (Å²) in [5, 5.41) is 17.0. The van der Waals surface area contributed by atoms with Gasteiger partial charge in [0.15, 0.2) is 0 Å². The van der Waals surface area contributed by atoms with E-state index < -0.39 is 47.9 Å². The first-order chi connectivity index (χ1) is 14.5. The van der Waals surface area contributed by atoms with Crippen LogP contribution in [-0.4, -0.2) is 71.5 Å². The van der Waals surface area contributed by atoms with Crippen LogP contribution in [0.3, 0.4) is 0 Å². The van der Waals surface area contributed by atoms with Gasteiger partial charge in [0.2, 0.25) is 17.7 Å². The maximum Gasteiger partial charge on any atom is 0.326 e. The molecule has 0 aromatic carbocycles. The van der Waals surface area contributed by atoms with E-state index in [9.17, 15) is 24.3 Å². The summed E-state index contributed by atoms with van der Waals surface area (Å²) in [6, 6.07) is -3.59. The van der Waals surface area contributed by atoms with E-state index in [1.165, 1.54) is 6.92 Å². The van der Waals surface area contributed by atoms with Gasteiger partial charge < -0.3 is 32.5 Å². The summed E-state index contributed by atoms with van der Waals surface area (Å²) < 4.78 is 0. The highest BCUT2D eigenvalue weighted by Crippen LogP contribution is 2.07. The van der Waals surface area contributed by atoms with E-state index in [1.54, 1.807) is 11.8 Å². The van der Waals surface area contributed by atoms with Crippen LogP contribution in [0.15, 0.2) is 0 Å². The summed E-state index contributed by atoms with van der Waals surface area (Å²) in [5.74, 6) is -1.85.